The van der Waals surface area contributed by atoms with Crippen molar-refractivity contribution in [1.82, 2.24) is 0 Å². The molecule has 0 atom stereocenters. The van der Waals surface area contributed by atoms with E-state index in [9.17, 15) is 19.8 Å². The maximum Gasteiger partial charge on any atom is 0.313 e. The Morgan fingerprint density at radius 2 is 1.42 bits per heavy atom. The van der Waals surface area contributed by atoms with Gasteiger partial charge in [0.15, 0.2) is 0 Å². The minimum absolute atomic E-state index is 0.473. The normalized spacial score (nSPS) is 12.0. The Morgan fingerprint density at radius 1 is 0.885 bits per heavy atom. The van der Waals surface area contributed by atoms with Gasteiger partial charge in [0.1, 0.15) is 5.75 Å². The molecule has 1 aromatic rings. The van der Waals surface area contributed by atoms with Crippen LogP contribution in [0.2, 0.25) is 0 Å². The summed E-state index contributed by atoms with van der Waals surface area (Å²) in [4.78, 5) is 23.4. The van der Waals surface area contributed by atoms with Crippen LogP contribution in [0.3, 0.4) is 0 Å². The summed E-state index contributed by atoms with van der Waals surface area (Å²) in [5.74, 6) is -1.42. The lowest BCUT2D eigenvalue weighted by atomic mass is 9.73. The summed E-state index contributed by atoms with van der Waals surface area (Å²) in [6.45, 7) is 9.07. The predicted octanol–water partition coefficient (Wildman–Crippen LogP) is 4.76. The van der Waals surface area contributed by atoms with Crippen molar-refractivity contribution < 1.29 is 24.5 Å². The zero-order valence-electron chi connectivity index (χ0n) is 16.6. The average molecular weight is 364 g/mol. The molecule has 0 aliphatic carbocycles. The van der Waals surface area contributed by atoms with E-state index in [2.05, 4.69) is 6.92 Å². The van der Waals surface area contributed by atoms with Gasteiger partial charge in [0, 0.05) is 0 Å². The standard InChI is InChI=1S/C21H32O5/c1-6-7-8-9-10-13-26-15-11-12-16(20(2,3)18(22)23)17(14-15)21(4,5)19(24)25/h11-12,14H,6-10,13H2,1-5H3,(H,22,23)(H,24,25). The molecule has 0 fully saturated rings. The monoisotopic (exact) mass is 364 g/mol. The zero-order chi connectivity index (χ0) is 20.0. The van der Waals surface area contributed by atoms with E-state index in [-0.39, 0.29) is 0 Å². The van der Waals surface area contributed by atoms with Gasteiger partial charge in [-0.15, -0.1) is 0 Å². The highest BCUT2D eigenvalue weighted by Gasteiger charge is 2.39. The Hall–Kier alpha value is -2.04. The molecule has 0 aliphatic heterocycles. The second kappa shape index (κ2) is 9.06. The molecule has 0 aliphatic rings. The van der Waals surface area contributed by atoms with Crippen molar-refractivity contribution in [3.63, 3.8) is 0 Å². The van der Waals surface area contributed by atoms with E-state index in [0.717, 1.165) is 12.8 Å². The average Bonchev–Trinajstić information content (AvgIpc) is 2.57. The first-order valence-electron chi connectivity index (χ1n) is 9.29. The number of unbranched alkanes of at least 4 members (excludes halogenated alkanes) is 4. The van der Waals surface area contributed by atoms with Gasteiger partial charge in [0.2, 0.25) is 0 Å². The van der Waals surface area contributed by atoms with Gasteiger partial charge < -0.3 is 14.9 Å². The minimum Gasteiger partial charge on any atom is -0.494 e. The second-order valence-corrected chi connectivity index (χ2v) is 7.83. The van der Waals surface area contributed by atoms with Crippen LogP contribution in [0.4, 0.5) is 0 Å². The molecule has 146 valence electrons. The van der Waals surface area contributed by atoms with Crippen LogP contribution in [0, 0.1) is 0 Å². The van der Waals surface area contributed by atoms with Crippen LogP contribution in [0.25, 0.3) is 0 Å². The Balaban J connectivity index is 3.09. The number of carboxylic acid groups (broad SMARTS) is 2. The Morgan fingerprint density at radius 3 is 1.96 bits per heavy atom. The van der Waals surface area contributed by atoms with Crippen LogP contribution in [0.1, 0.15) is 77.8 Å². The molecule has 2 N–H and O–H groups in total. The number of rotatable bonds is 11. The van der Waals surface area contributed by atoms with Crippen molar-refractivity contribution in [2.45, 2.75) is 77.6 Å². The first-order chi connectivity index (χ1) is 12.0. The third-order valence-corrected chi connectivity index (χ3v) is 4.92. The molecular formula is C21H32O5. The van der Waals surface area contributed by atoms with Crippen molar-refractivity contribution in [3.05, 3.63) is 29.3 Å². The van der Waals surface area contributed by atoms with Crippen molar-refractivity contribution in [2.75, 3.05) is 6.61 Å². The molecule has 1 rings (SSSR count). The molecular weight excluding hydrogens is 332 g/mol. The molecule has 0 saturated carbocycles. The minimum atomic E-state index is -1.22. The van der Waals surface area contributed by atoms with Gasteiger partial charge in [0.05, 0.1) is 17.4 Å². The molecule has 0 aromatic heterocycles. The highest BCUT2D eigenvalue weighted by atomic mass is 16.5. The number of hydrogen-bond donors (Lipinski definition) is 2. The Bertz CT molecular complexity index is 631. The number of carboxylic acids is 2. The summed E-state index contributed by atoms with van der Waals surface area (Å²) in [6.07, 6.45) is 5.64. The molecule has 5 nitrogen and oxygen atoms in total. The van der Waals surface area contributed by atoms with Gasteiger partial charge in [-0.05, 0) is 57.4 Å². The fourth-order valence-corrected chi connectivity index (χ4v) is 2.80. The topological polar surface area (TPSA) is 83.8 Å². The fourth-order valence-electron chi connectivity index (χ4n) is 2.80. The van der Waals surface area contributed by atoms with Crippen molar-refractivity contribution in [3.8, 4) is 5.75 Å². The van der Waals surface area contributed by atoms with Gasteiger partial charge in [-0.25, -0.2) is 0 Å². The molecule has 0 saturated heterocycles. The number of hydrogen-bond acceptors (Lipinski definition) is 3. The second-order valence-electron chi connectivity index (χ2n) is 7.83. The third kappa shape index (κ3) is 5.23. The number of ether oxygens (including phenoxy) is 1. The highest BCUT2D eigenvalue weighted by molar-refractivity contribution is 5.85. The Kier molecular flexibility index (Phi) is 7.67. The van der Waals surface area contributed by atoms with E-state index >= 15 is 0 Å². The Labute approximate surface area is 156 Å². The first-order valence-corrected chi connectivity index (χ1v) is 9.29. The SMILES string of the molecule is CCCCCCCOc1ccc(C(C)(C)C(=O)O)c(C(C)(C)C(=O)O)c1. The largest absolute Gasteiger partial charge is 0.494 e. The summed E-state index contributed by atoms with van der Waals surface area (Å²) in [5.41, 5.74) is -1.45. The van der Waals surface area contributed by atoms with Crippen molar-refractivity contribution in [1.29, 1.82) is 0 Å². The maximum atomic E-state index is 11.8. The lowest BCUT2D eigenvalue weighted by Gasteiger charge is -2.30. The molecule has 0 radical (unpaired) electrons. The van der Waals surface area contributed by atoms with Crippen molar-refractivity contribution in [2.24, 2.45) is 0 Å². The van der Waals surface area contributed by atoms with Gasteiger partial charge >= 0.3 is 11.9 Å². The molecule has 0 heterocycles. The zero-order valence-corrected chi connectivity index (χ0v) is 16.6. The van der Waals surface area contributed by atoms with Gasteiger partial charge in [-0.2, -0.15) is 0 Å². The highest BCUT2D eigenvalue weighted by Crippen LogP contribution is 2.37. The fraction of sp³-hybridized carbons (Fsp3) is 0.619. The van der Waals surface area contributed by atoms with E-state index in [1.807, 2.05) is 0 Å². The number of aliphatic carboxylic acids is 2. The lowest BCUT2D eigenvalue weighted by molar-refractivity contribution is -0.144. The summed E-state index contributed by atoms with van der Waals surface area (Å²) in [7, 11) is 0. The van der Waals surface area contributed by atoms with Gasteiger partial charge in [-0.3, -0.25) is 9.59 Å². The van der Waals surface area contributed by atoms with Gasteiger partial charge in [-0.1, -0.05) is 38.7 Å². The molecule has 0 bridgehead atoms. The number of carbonyl (C=O) groups is 2. The molecule has 0 amide bonds. The molecule has 1 aromatic carbocycles. The maximum absolute atomic E-state index is 11.8. The summed E-state index contributed by atoms with van der Waals surface area (Å²) in [6, 6.07) is 5.09. The molecule has 0 spiro atoms. The van der Waals surface area contributed by atoms with Crippen molar-refractivity contribution >= 4 is 11.9 Å². The molecule has 5 heteroatoms. The molecule has 26 heavy (non-hydrogen) atoms. The van der Waals surface area contributed by atoms with Crippen LogP contribution in [-0.2, 0) is 20.4 Å². The van der Waals surface area contributed by atoms with Crippen LogP contribution < -0.4 is 4.74 Å². The van der Waals surface area contributed by atoms with E-state index in [4.69, 9.17) is 4.74 Å². The lowest BCUT2D eigenvalue weighted by Crippen LogP contribution is -2.36. The number of benzene rings is 1. The molecule has 0 unspecified atom stereocenters. The van der Waals surface area contributed by atoms with Crippen LogP contribution in [0.15, 0.2) is 18.2 Å². The van der Waals surface area contributed by atoms with E-state index in [0.29, 0.717) is 23.5 Å². The smallest absolute Gasteiger partial charge is 0.313 e. The van der Waals surface area contributed by atoms with E-state index in [1.165, 1.54) is 19.3 Å². The van der Waals surface area contributed by atoms with Gasteiger partial charge in [0.25, 0.3) is 0 Å². The van der Waals surface area contributed by atoms with E-state index < -0.39 is 22.8 Å². The summed E-state index contributed by atoms with van der Waals surface area (Å²) < 4.78 is 5.79. The van der Waals surface area contributed by atoms with E-state index in [1.54, 1.807) is 45.9 Å². The third-order valence-electron chi connectivity index (χ3n) is 4.92. The van der Waals surface area contributed by atoms with Crippen LogP contribution in [0.5, 0.6) is 5.75 Å². The van der Waals surface area contributed by atoms with Crippen LogP contribution >= 0.6 is 0 Å². The predicted molar refractivity (Wildman–Crippen MR) is 102 cm³/mol. The summed E-state index contributed by atoms with van der Waals surface area (Å²) in [5, 5.41) is 19.2. The first kappa shape index (κ1) is 22.0. The summed E-state index contributed by atoms with van der Waals surface area (Å²) >= 11 is 0. The quantitative estimate of drug-likeness (QED) is 0.553. The van der Waals surface area contributed by atoms with Crippen LogP contribution in [-0.4, -0.2) is 28.8 Å².